The van der Waals surface area contributed by atoms with E-state index in [0.29, 0.717) is 5.41 Å². The van der Waals surface area contributed by atoms with Gasteiger partial charge in [0, 0.05) is 12.4 Å². The Morgan fingerprint density at radius 3 is 2.54 bits per heavy atom. The molecule has 13 heavy (non-hydrogen) atoms. The van der Waals surface area contributed by atoms with Gasteiger partial charge in [0.15, 0.2) is 0 Å². The molecular formula is C10H21ClN2. The van der Waals surface area contributed by atoms with E-state index in [0.717, 1.165) is 19.0 Å². The maximum Gasteiger partial charge on any atom is 0.0292 e. The molecule has 3 heteroatoms. The van der Waals surface area contributed by atoms with E-state index in [1.54, 1.807) is 0 Å². The van der Waals surface area contributed by atoms with Crippen molar-refractivity contribution in [3.05, 3.63) is 0 Å². The van der Waals surface area contributed by atoms with Crippen molar-refractivity contribution in [3.8, 4) is 0 Å². The van der Waals surface area contributed by atoms with Crippen LogP contribution in [0.15, 0.2) is 0 Å². The molecule has 0 amide bonds. The summed E-state index contributed by atoms with van der Waals surface area (Å²) in [6, 6.07) is 0. The average molecular weight is 205 g/mol. The Morgan fingerprint density at radius 1 is 1.38 bits per heavy atom. The first kappa shape index (κ1) is 11.3. The fourth-order valence-corrected chi connectivity index (χ4v) is 1.77. The fraction of sp³-hybridized carbons (Fsp3) is 1.00. The van der Waals surface area contributed by atoms with Crippen molar-refractivity contribution >= 4 is 11.6 Å². The monoisotopic (exact) mass is 204 g/mol. The molecule has 1 fully saturated rings. The maximum atomic E-state index is 5.87. The molecule has 1 N–H and O–H groups in total. The zero-order chi connectivity index (χ0) is 9.73. The summed E-state index contributed by atoms with van der Waals surface area (Å²) in [5, 5.41) is 3.48. The Morgan fingerprint density at radius 2 is 2.08 bits per heavy atom. The summed E-state index contributed by atoms with van der Waals surface area (Å²) < 4.78 is 0. The molecule has 0 aromatic rings. The summed E-state index contributed by atoms with van der Waals surface area (Å²) in [6.45, 7) is 3.40. The molecular weight excluding hydrogens is 184 g/mol. The Hall–Kier alpha value is 0.210. The molecule has 0 aromatic heterocycles. The number of hydrogen-bond donors (Lipinski definition) is 1. The molecule has 1 rings (SSSR count). The number of hydrogen-bond acceptors (Lipinski definition) is 2. The van der Waals surface area contributed by atoms with Crippen LogP contribution in [0.4, 0.5) is 0 Å². The van der Waals surface area contributed by atoms with Crippen LogP contribution in [-0.4, -0.2) is 44.5 Å². The molecule has 0 spiro atoms. The summed E-state index contributed by atoms with van der Waals surface area (Å²) in [4.78, 5) is 2.22. The highest BCUT2D eigenvalue weighted by atomic mass is 35.5. The van der Waals surface area contributed by atoms with Gasteiger partial charge in [0.1, 0.15) is 0 Å². The van der Waals surface area contributed by atoms with Crippen LogP contribution in [0.3, 0.4) is 0 Å². The summed E-state index contributed by atoms with van der Waals surface area (Å²) in [6.07, 6.45) is 3.86. The highest BCUT2D eigenvalue weighted by Crippen LogP contribution is 2.45. The van der Waals surface area contributed by atoms with Gasteiger partial charge in [-0.1, -0.05) is 0 Å². The van der Waals surface area contributed by atoms with Crippen LogP contribution in [0.25, 0.3) is 0 Å². The van der Waals surface area contributed by atoms with Gasteiger partial charge < -0.3 is 10.2 Å². The lowest BCUT2D eigenvalue weighted by molar-refractivity contribution is 0.388. The number of alkyl halides is 1. The van der Waals surface area contributed by atoms with Crippen molar-refractivity contribution < 1.29 is 0 Å². The second kappa shape index (κ2) is 5.18. The lowest BCUT2D eigenvalue weighted by Gasteiger charge is -2.13. The number of halogens is 1. The number of nitrogens with one attached hydrogen (secondary N) is 1. The molecule has 0 atom stereocenters. The Bertz CT molecular complexity index is 144. The van der Waals surface area contributed by atoms with Crippen molar-refractivity contribution in [1.29, 1.82) is 0 Å². The molecule has 0 bridgehead atoms. The topological polar surface area (TPSA) is 15.3 Å². The third kappa shape index (κ3) is 4.30. The summed E-state index contributed by atoms with van der Waals surface area (Å²) in [5.41, 5.74) is 0.472. The highest BCUT2D eigenvalue weighted by molar-refractivity contribution is 6.18. The molecule has 78 valence electrons. The summed E-state index contributed by atoms with van der Waals surface area (Å²) in [7, 11) is 4.22. The minimum absolute atomic E-state index is 0.472. The molecule has 0 unspecified atom stereocenters. The largest absolute Gasteiger partial charge is 0.316 e. The quantitative estimate of drug-likeness (QED) is 0.500. The van der Waals surface area contributed by atoms with Crippen LogP contribution in [0.1, 0.15) is 19.3 Å². The molecule has 2 nitrogen and oxygen atoms in total. The molecule has 0 aromatic carbocycles. The van der Waals surface area contributed by atoms with E-state index >= 15 is 0 Å². The maximum absolute atomic E-state index is 5.87. The van der Waals surface area contributed by atoms with E-state index in [1.165, 1.54) is 25.8 Å². The third-order valence-electron chi connectivity index (χ3n) is 2.70. The first-order chi connectivity index (χ1) is 6.18. The van der Waals surface area contributed by atoms with Gasteiger partial charge in [0.25, 0.3) is 0 Å². The minimum Gasteiger partial charge on any atom is -0.316 e. The van der Waals surface area contributed by atoms with Crippen LogP contribution in [0.2, 0.25) is 0 Å². The van der Waals surface area contributed by atoms with Crippen molar-refractivity contribution in [1.82, 2.24) is 10.2 Å². The SMILES string of the molecule is CN(C)CCCNCC1(CCl)CC1. The lowest BCUT2D eigenvalue weighted by atomic mass is 10.1. The Balaban J connectivity index is 1.90. The number of nitrogens with zero attached hydrogens (tertiary/aromatic N) is 1. The zero-order valence-electron chi connectivity index (χ0n) is 8.77. The van der Waals surface area contributed by atoms with Gasteiger partial charge in [-0.3, -0.25) is 0 Å². The number of rotatable bonds is 7. The van der Waals surface area contributed by atoms with E-state index in [-0.39, 0.29) is 0 Å². The average Bonchev–Trinajstić information content (AvgIpc) is 2.84. The molecule has 1 saturated carbocycles. The van der Waals surface area contributed by atoms with E-state index < -0.39 is 0 Å². The van der Waals surface area contributed by atoms with Gasteiger partial charge in [-0.05, 0) is 51.9 Å². The standard InChI is InChI=1S/C10H21ClN2/c1-13(2)7-3-6-12-9-10(8-11)4-5-10/h12H,3-9H2,1-2H3. The highest BCUT2D eigenvalue weighted by Gasteiger charge is 2.40. The van der Waals surface area contributed by atoms with Crippen LogP contribution < -0.4 is 5.32 Å². The smallest absolute Gasteiger partial charge is 0.0292 e. The predicted molar refractivity (Wildman–Crippen MR) is 58.4 cm³/mol. The van der Waals surface area contributed by atoms with Crippen molar-refractivity contribution in [2.75, 3.05) is 39.6 Å². The molecule has 0 radical (unpaired) electrons. The van der Waals surface area contributed by atoms with Gasteiger partial charge >= 0.3 is 0 Å². The molecule has 0 saturated heterocycles. The van der Waals surface area contributed by atoms with E-state index in [1.807, 2.05) is 0 Å². The van der Waals surface area contributed by atoms with E-state index in [9.17, 15) is 0 Å². The van der Waals surface area contributed by atoms with Crippen molar-refractivity contribution in [3.63, 3.8) is 0 Å². The second-order valence-corrected chi connectivity index (χ2v) is 4.73. The molecule has 0 aliphatic heterocycles. The third-order valence-corrected chi connectivity index (χ3v) is 3.27. The van der Waals surface area contributed by atoms with Gasteiger partial charge in [-0.25, -0.2) is 0 Å². The first-order valence-corrected chi connectivity index (χ1v) is 5.63. The predicted octanol–water partition coefficient (Wildman–Crippen LogP) is 1.55. The van der Waals surface area contributed by atoms with Crippen molar-refractivity contribution in [2.45, 2.75) is 19.3 Å². The second-order valence-electron chi connectivity index (χ2n) is 4.47. The van der Waals surface area contributed by atoms with Crippen LogP contribution >= 0.6 is 11.6 Å². The van der Waals surface area contributed by atoms with Crippen LogP contribution in [0.5, 0.6) is 0 Å². The van der Waals surface area contributed by atoms with Gasteiger partial charge in [-0.15, -0.1) is 11.6 Å². The van der Waals surface area contributed by atoms with Gasteiger partial charge in [0.05, 0.1) is 0 Å². The van der Waals surface area contributed by atoms with Crippen LogP contribution in [-0.2, 0) is 0 Å². The van der Waals surface area contributed by atoms with Gasteiger partial charge in [0.2, 0.25) is 0 Å². The van der Waals surface area contributed by atoms with Crippen LogP contribution in [0, 0.1) is 5.41 Å². The Kier molecular flexibility index (Phi) is 4.50. The van der Waals surface area contributed by atoms with E-state index in [2.05, 4.69) is 24.3 Å². The minimum atomic E-state index is 0.472. The lowest BCUT2D eigenvalue weighted by Crippen LogP contribution is -2.27. The summed E-state index contributed by atoms with van der Waals surface area (Å²) >= 11 is 5.87. The normalized spacial score (nSPS) is 19.4. The first-order valence-electron chi connectivity index (χ1n) is 5.10. The molecule has 1 aliphatic carbocycles. The molecule has 1 aliphatic rings. The van der Waals surface area contributed by atoms with Gasteiger partial charge in [-0.2, -0.15) is 0 Å². The zero-order valence-corrected chi connectivity index (χ0v) is 9.53. The summed E-state index contributed by atoms with van der Waals surface area (Å²) in [5.74, 6) is 0.827. The van der Waals surface area contributed by atoms with Crippen molar-refractivity contribution in [2.24, 2.45) is 5.41 Å². The Labute approximate surface area is 86.6 Å². The van der Waals surface area contributed by atoms with E-state index in [4.69, 9.17) is 11.6 Å². The molecule has 0 heterocycles. The fourth-order valence-electron chi connectivity index (χ4n) is 1.41.